The SMILES string of the molecule is CCc1cccnc1CNc1ccnc(C(N)=O)c1. The van der Waals surface area contributed by atoms with E-state index >= 15 is 0 Å². The minimum absolute atomic E-state index is 0.252. The van der Waals surface area contributed by atoms with Gasteiger partial charge in [-0.25, -0.2) is 0 Å². The van der Waals surface area contributed by atoms with Crippen LogP contribution >= 0.6 is 0 Å². The Balaban J connectivity index is 2.10. The van der Waals surface area contributed by atoms with E-state index in [9.17, 15) is 4.79 Å². The molecule has 2 rings (SSSR count). The van der Waals surface area contributed by atoms with Crippen LogP contribution in [0.1, 0.15) is 28.7 Å². The predicted octanol–water partition coefficient (Wildman–Crippen LogP) is 1.75. The second-order valence-electron chi connectivity index (χ2n) is 4.11. The first-order valence-corrected chi connectivity index (χ1v) is 6.13. The van der Waals surface area contributed by atoms with E-state index in [4.69, 9.17) is 5.73 Å². The van der Waals surface area contributed by atoms with Gasteiger partial charge in [-0.15, -0.1) is 0 Å². The lowest BCUT2D eigenvalue weighted by atomic mass is 10.1. The van der Waals surface area contributed by atoms with Crippen LogP contribution in [0.3, 0.4) is 0 Å². The standard InChI is InChI=1S/C14H16N4O/c1-2-10-4-3-6-16-13(10)9-18-11-5-7-17-12(8-11)14(15)19/h3-8H,2,9H2,1H3,(H2,15,19)(H,17,18). The third kappa shape index (κ3) is 3.28. The highest BCUT2D eigenvalue weighted by molar-refractivity contribution is 5.91. The summed E-state index contributed by atoms with van der Waals surface area (Å²) in [7, 11) is 0. The molecule has 0 atom stereocenters. The van der Waals surface area contributed by atoms with Crippen LogP contribution in [0.15, 0.2) is 36.7 Å². The molecule has 0 spiro atoms. The Morgan fingerprint density at radius 3 is 2.89 bits per heavy atom. The summed E-state index contributed by atoms with van der Waals surface area (Å²) in [5.41, 5.74) is 8.46. The van der Waals surface area contributed by atoms with E-state index in [-0.39, 0.29) is 5.69 Å². The van der Waals surface area contributed by atoms with Gasteiger partial charge in [0.15, 0.2) is 0 Å². The van der Waals surface area contributed by atoms with E-state index < -0.39 is 5.91 Å². The molecule has 2 heterocycles. The minimum atomic E-state index is -0.532. The smallest absolute Gasteiger partial charge is 0.267 e. The van der Waals surface area contributed by atoms with E-state index in [0.717, 1.165) is 17.8 Å². The maximum Gasteiger partial charge on any atom is 0.267 e. The molecule has 0 aliphatic carbocycles. The van der Waals surface area contributed by atoms with Gasteiger partial charge in [0.2, 0.25) is 0 Å². The average molecular weight is 256 g/mol. The zero-order valence-electron chi connectivity index (χ0n) is 10.8. The fourth-order valence-corrected chi connectivity index (χ4v) is 1.81. The summed E-state index contributed by atoms with van der Waals surface area (Å²) in [6, 6.07) is 7.42. The summed E-state index contributed by atoms with van der Waals surface area (Å²) >= 11 is 0. The topological polar surface area (TPSA) is 80.9 Å². The van der Waals surface area contributed by atoms with Crippen molar-refractivity contribution in [3.05, 3.63) is 53.6 Å². The van der Waals surface area contributed by atoms with Crippen LogP contribution in [-0.4, -0.2) is 15.9 Å². The van der Waals surface area contributed by atoms with Gasteiger partial charge in [0.25, 0.3) is 5.91 Å². The van der Waals surface area contributed by atoms with Crippen LogP contribution in [0, 0.1) is 0 Å². The Morgan fingerprint density at radius 1 is 1.32 bits per heavy atom. The van der Waals surface area contributed by atoms with Gasteiger partial charge in [-0.05, 0) is 30.2 Å². The molecule has 0 aromatic carbocycles. The van der Waals surface area contributed by atoms with Crippen molar-refractivity contribution < 1.29 is 4.79 Å². The molecule has 0 unspecified atom stereocenters. The fourth-order valence-electron chi connectivity index (χ4n) is 1.81. The Morgan fingerprint density at radius 2 is 2.16 bits per heavy atom. The number of aryl methyl sites for hydroxylation is 1. The van der Waals surface area contributed by atoms with Crippen molar-refractivity contribution in [3.63, 3.8) is 0 Å². The molecular weight excluding hydrogens is 240 g/mol. The zero-order chi connectivity index (χ0) is 13.7. The van der Waals surface area contributed by atoms with E-state index in [1.54, 1.807) is 24.5 Å². The van der Waals surface area contributed by atoms with Crippen molar-refractivity contribution in [1.82, 2.24) is 9.97 Å². The monoisotopic (exact) mass is 256 g/mol. The number of hydrogen-bond donors (Lipinski definition) is 2. The third-order valence-electron chi connectivity index (χ3n) is 2.84. The number of rotatable bonds is 5. The Bertz CT molecular complexity index is 583. The number of carbonyl (C=O) groups excluding carboxylic acids is 1. The summed E-state index contributed by atoms with van der Waals surface area (Å²) in [5, 5.41) is 3.22. The van der Waals surface area contributed by atoms with Gasteiger partial charge in [0, 0.05) is 18.1 Å². The molecule has 5 nitrogen and oxygen atoms in total. The molecule has 3 N–H and O–H groups in total. The zero-order valence-corrected chi connectivity index (χ0v) is 10.8. The normalized spacial score (nSPS) is 10.2. The average Bonchev–Trinajstić information content (AvgIpc) is 2.45. The molecule has 0 saturated carbocycles. The van der Waals surface area contributed by atoms with Gasteiger partial charge in [-0.2, -0.15) is 0 Å². The van der Waals surface area contributed by atoms with Gasteiger partial charge >= 0.3 is 0 Å². The van der Waals surface area contributed by atoms with Crippen molar-refractivity contribution >= 4 is 11.6 Å². The van der Waals surface area contributed by atoms with Crippen molar-refractivity contribution in [3.8, 4) is 0 Å². The van der Waals surface area contributed by atoms with Crippen LogP contribution < -0.4 is 11.1 Å². The number of nitrogens with two attached hydrogens (primary N) is 1. The number of amides is 1. The first-order chi connectivity index (χ1) is 9.20. The second-order valence-corrected chi connectivity index (χ2v) is 4.11. The summed E-state index contributed by atoms with van der Waals surface area (Å²) in [5.74, 6) is -0.532. The van der Waals surface area contributed by atoms with Crippen molar-refractivity contribution in [2.45, 2.75) is 19.9 Å². The number of nitrogens with one attached hydrogen (secondary N) is 1. The van der Waals surface area contributed by atoms with Crippen LogP contribution in [-0.2, 0) is 13.0 Å². The molecule has 0 radical (unpaired) electrons. The van der Waals surface area contributed by atoms with Crippen LogP contribution in [0.25, 0.3) is 0 Å². The number of pyridine rings is 2. The number of hydrogen-bond acceptors (Lipinski definition) is 4. The van der Waals surface area contributed by atoms with Gasteiger partial charge in [0.05, 0.1) is 12.2 Å². The Labute approximate surface area is 111 Å². The molecule has 98 valence electrons. The van der Waals surface area contributed by atoms with Crippen molar-refractivity contribution in [1.29, 1.82) is 0 Å². The second kappa shape index (κ2) is 5.95. The highest BCUT2D eigenvalue weighted by Gasteiger charge is 2.04. The number of carbonyl (C=O) groups is 1. The van der Waals surface area contributed by atoms with Crippen molar-refractivity contribution in [2.24, 2.45) is 5.73 Å². The van der Waals surface area contributed by atoms with Gasteiger partial charge in [0.1, 0.15) is 5.69 Å². The van der Waals surface area contributed by atoms with Gasteiger partial charge < -0.3 is 11.1 Å². The molecule has 19 heavy (non-hydrogen) atoms. The Kier molecular flexibility index (Phi) is 4.07. The quantitative estimate of drug-likeness (QED) is 0.854. The van der Waals surface area contributed by atoms with Crippen LogP contribution in [0.2, 0.25) is 0 Å². The number of aromatic nitrogens is 2. The minimum Gasteiger partial charge on any atom is -0.379 e. The molecule has 0 bridgehead atoms. The van der Waals surface area contributed by atoms with Crippen LogP contribution in [0.5, 0.6) is 0 Å². The first kappa shape index (κ1) is 13.0. The van der Waals surface area contributed by atoms with Crippen LogP contribution in [0.4, 0.5) is 5.69 Å². The van der Waals surface area contributed by atoms with Gasteiger partial charge in [-0.3, -0.25) is 14.8 Å². The third-order valence-corrected chi connectivity index (χ3v) is 2.84. The molecule has 0 aliphatic rings. The molecule has 0 saturated heterocycles. The number of nitrogens with zero attached hydrogens (tertiary/aromatic N) is 2. The molecule has 2 aromatic rings. The molecule has 2 aromatic heterocycles. The van der Waals surface area contributed by atoms with Crippen molar-refractivity contribution in [2.75, 3.05) is 5.32 Å². The van der Waals surface area contributed by atoms with E-state index in [1.807, 2.05) is 6.07 Å². The van der Waals surface area contributed by atoms with E-state index in [0.29, 0.717) is 6.54 Å². The van der Waals surface area contributed by atoms with E-state index in [2.05, 4.69) is 28.3 Å². The predicted molar refractivity (Wildman–Crippen MR) is 73.7 cm³/mol. The van der Waals surface area contributed by atoms with E-state index in [1.165, 1.54) is 5.56 Å². The molecule has 0 fully saturated rings. The molecule has 0 aliphatic heterocycles. The first-order valence-electron chi connectivity index (χ1n) is 6.13. The summed E-state index contributed by atoms with van der Waals surface area (Å²) < 4.78 is 0. The molecule has 5 heteroatoms. The largest absolute Gasteiger partial charge is 0.379 e. The summed E-state index contributed by atoms with van der Waals surface area (Å²) in [6.07, 6.45) is 4.27. The molecule has 1 amide bonds. The lowest BCUT2D eigenvalue weighted by Crippen LogP contribution is -2.13. The lowest BCUT2D eigenvalue weighted by molar-refractivity contribution is 0.0995. The maximum atomic E-state index is 11.0. The highest BCUT2D eigenvalue weighted by Crippen LogP contribution is 2.11. The fraction of sp³-hybridized carbons (Fsp3) is 0.214. The highest BCUT2D eigenvalue weighted by atomic mass is 16.1. The van der Waals surface area contributed by atoms with Gasteiger partial charge in [-0.1, -0.05) is 13.0 Å². The lowest BCUT2D eigenvalue weighted by Gasteiger charge is -2.09. The number of anilines is 1. The maximum absolute atomic E-state index is 11.0. The Hall–Kier alpha value is -2.43. The summed E-state index contributed by atoms with van der Waals surface area (Å²) in [6.45, 7) is 2.70. The molecular formula is C14H16N4O. The number of primary amides is 1. The summed E-state index contributed by atoms with van der Waals surface area (Å²) in [4.78, 5) is 19.3.